The third-order valence-electron chi connectivity index (χ3n) is 5.06. The van der Waals surface area contributed by atoms with Crippen molar-refractivity contribution in [1.29, 1.82) is 0 Å². The Morgan fingerprint density at radius 1 is 1.04 bits per heavy atom. The van der Waals surface area contributed by atoms with E-state index in [-0.39, 0.29) is 5.82 Å². The topological polar surface area (TPSA) is 57.7 Å². The van der Waals surface area contributed by atoms with Gasteiger partial charge in [-0.25, -0.2) is 9.37 Å². The van der Waals surface area contributed by atoms with Gasteiger partial charge in [0.1, 0.15) is 5.65 Å². The zero-order valence-corrected chi connectivity index (χ0v) is 14.2. The van der Waals surface area contributed by atoms with Crippen molar-refractivity contribution in [3.8, 4) is 11.3 Å². The second-order valence-electron chi connectivity index (χ2n) is 6.71. The molecule has 0 aromatic carbocycles. The highest BCUT2D eigenvalue weighted by molar-refractivity contribution is 6.12. The maximum Gasteiger partial charge on any atom is 0.165 e. The van der Waals surface area contributed by atoms with Gasteiger partial charge in [0, 0.05) is 36.4 Å². The monoisotopic (exact) mass is 347 g/mol. The number of hydrogen-bond donors (Lipinski definition) is 1. The maximum atomic E-state index is 14.8. The van der Waals surface area contributed by atoms with Crippen LogP contribution in [0.25, 0.3) is 33.2 Å². The molecule has 4 aromatic rings. The molecule has 0 amide bonds. The van der Waals surface area contributed by atoms with E-state index in [2.05, 4.69) is 24.8 Å². The Labute approximate surface area is 149 Å². The molecule has 5 rings (SSSR count). The summed E-state index contributed by atoms with van der Waals surface area (Å²) in [6, 6.07) is 5.86. The van der Waals surface area contributed by atoms with E-state index in [9.17, 15) is 4.39 Å². The van der Waals surface area contributed by atoms with Gasteiger partial charge in [0.15, 0.2) is 5.82 Å². The summed E-state index contributed by atoms with van der Waals surface area (Å²) in [6.45, 7) is 1.76. The Bertz CT molecular complexity index is 1080. The molecule has 0 saturated carbocycles. The van der Waals surface area contributed by atoms with Crippen LogP contribution < -0.4 is 4.90 Å². The second kappa shape index (κ2) is 6.05. The largest absolute Gasteiger partial charge is 0.369 e. The molecule has 5 heterocycles. The van der Waals surface area contributed by atoms with Crippen molar-refractivity contribution in [2.45, 2.75) is 19.3 Å². The van der Waals surface area contributed by atoms with Crippen molar-refractivity contribution < 1.29 is 4.39 Å². The number of aromatic amines is 1. The van der Waals surface area contributed by atoms with Gasteiger partial charge in [-0.2, -0.15) is 0 Å². The van der Waals surface area contributed by atoms with Crippen LogP contribution in [0.15, 0.2) is 43.0 Å². The Morgan fingerprint density at radius 3 is 2.73 bits per heavy atom. The molecular weight excluding hydrogens is 329 g/mol. The molecule has 1 saturated heterocycles. The van der Waals surface area contributed by atoms with Crippen LogP contribution in [-0.4, -0.2) is 33.0 Å². The predicted octanol–water partition coefficient (Wildman–Crippen LogP) is 4.30. The number of hydrogen-bond acceptors (Lipinski definition) is 4. The van der Waals surface area contributed by atoms with Crippen LogP contribution in [0.3, 0.4) is 0 Å². The molecule has 5 nitrogen and oxygen atoms in total. The highest BCUT2D eigenvalue weighted by Gasteiger charge is 2.21. The highest BCUT2D eigenvalue weighted by Crippen LogP contribution is 2.36. The van der Waals surface area contributed by atoms with Crippen LogP contribution in [0, 0.1) is 5.82 Å². The lowest BCUT2D eigenvalue weighted by molar-refractivity contribution is 0.557. The smallest absolute Gasteiger partial charge is 0.165 e. The number of halogens is 1. The summed E-state index contributed by atoms with van der Waals surface area (Å²) in [7, 11) is 0. The van der Waals surface area contributed by atoms with Gasteiger partial charge in [-0.15, -0.1) is 0 Å². The number of H-pyrrole nitrogens is 1. The molecule has 130 valence electrons. The number of aromatic nitrogens is 4. The lowest BCUT2D eigenvalue weighted by atomic mass is 10.1. The van der Waals surface area contributed by atoms with E-state index < -0.39 is 0 Å². The van der Waals surface area contributed by atoms with Crippen LogP contribution >= 0.6 is 0 Å². The first kappa shape index (κ1) is 15.3. The SMILES string of the molecule is Fc1cnc2[nH]c3cnc(-c4cccnc4)cc3c2c1N1CCCCC1. The van der Waals surface area contributed by atoms with Gasteiger partial charge in [0.25, 0.3) is 0 Å². The molecule has 0 spiro atoms. The van der Waals surface area contributed by atoms with Crippen molar-refractivity contribution in [2.75, 3.05) is 18.0 Å². The standard InChI is InChI=1S/C20H18FN5/c21-15-11-24-20-18(19(15)26-7-2-1-3-8-26)14-9-16(23-12-17(14)25-20)13-5-4-6-22-10-13/h4-6,9-12H,1-3,7-8H2,(H,24,25). The van der Waals surface area contributed by atoms with Gasteiger partial charge in [0.2, 0.25) is 0 Å². The summed E-state index contributed by atoms with van der Waals surface area (Å²) in [5.74, 6) is -0.264. The average Bonchev–Trinajstić information content (AvgIpc) is 3.07. The van der Waals surface area contributed by atoms with Crippen molar-refractivity contribution in [2.24, 2.45) is 0 Å². The van der Waals surface area contributed by atoms with E-state index in [0.29, 0.717) is 11.3 Å². The molecular formula is C20H18FN5. The predicted molar refractivity (Wildman–Crippen MR) is 101 cm³/mol. The molecule has 1 fully saturated rings. The Kier molecular flexibility index (Phi) is 3.55. The lowest BCUT2D eigenvalue weighted by Crippen LogP contribution is -2.30. The van der Waals surface area contributed by atoms with Gasteiger partial charge in [-0.3, -0.25) is 9.97 Å². The van der Waals surface area contributed by atoms with Gasteiger partial charge in [-0.05, 0) is 37.5 Å². The zero-order valence-electron chi connectivity index (χ0n) is 14.2. The molecule has 1 N–H and O–H groups in total. The van der Waals surface area contributed by atoms with Gasteiger partial charge < -0.3 is 9.88 Å². The molecule has 1 aliphatic heterocycles. The van der Waals surface area contributed by atoms with Crippen LogP contribution in [0.2, 0.25) is 0 Å². The summed E-state index contributed by atoms with van der Waals surface area (Å²) in [4.78, 5) is 18.4. The fraction of sp³-hybridized carbons (Fsp3) is 0.250. The van der Waals surface area contributed by atoms with Crippen LogP contribution in [0.1, 0.15) is 19.3 Å². The summed E-state index contributed by atoms with van der Waals surface area (Å²) in [6.07, 6.45) is 10.0. The van der Waals surface area contributed by atoms with Crippen LogP contribution in [0.5, 0.6) is 0 Å². The van der Waals surface area contributed by atoms with Crippen LogP contribution in [-0.2, 0) is 0 Å². The minimum atomic E-state index is -0.264. The molecule has 26 heavy (non-hydrogen) atoms. The summed E-state index contributed by atoms with van der Waals surface area (Å²) < 4.78 is 14.8. The fourth-order valence-electron chi connectivity index (χ4n) is 3.82. The molecule has 1 aliphatic rings. The molecule has 0 unspecified atom stereocenters. The molecule has 4 aromatic heterocycles. The first-order chi connectivity index (χ1) is 12.8. The first-order valence-electron chi connectivity index (χ1n) is 8.92. The molecule has 6 heteroatoms. The van der Waals surface area contributed by atoms with E-state index in [0.717, 1.165) is 53.5 Å². The van der Waals surface area contributed by atoms with E-state index in [1.54, 1.807) is 18.6 Å². The van der Waals surface area contributed by atoms with Crippen molar-refractivity contribution in [3.63, 3.8) is 0 Å². The third-order valence-corrected chi connectivity index (χ3v) is 5.06. The van der Waals surface area contributed by atoms with Gasteiger partial charge in [0.05, 0.1) is 34.7 Å². The number of fused-ring (bicyclic) bond motifs is 3. The minimum Gasteiger partial charge on any atom is -0.369 e. The molecule has 0 radical (unpaired) electrons. The van der Waals surface area contributed by atoms with Gasteiger partial charge in [-0.1, -0.05) is 0 Å². The number of nitrogens with zero attached hydrogens (tertiary/aromatic N) is 4. The number of pyridine rings is 3. The van der Waals surface area contributed by atoms with Crippen molar-refractivity contribution >= 4 is 27.6 Å². The normalized spacial score (nSPS) is 15.0. The lowest BCUT2D eigenvalue weighted by Gasteiger charge is -2.29. The third kappa shape index (κ3) is 2.41. The second-order valence-corrected chi connectivity index (χ2v) is 6.71. The molecule has 0 aliphatic carbocycles. The molecule has 0 atom stereocenters. The minimum absolute atomic E-state index is 0.264. The maximum absolute atomic E-state index is 14.8. The Morgan fingerprint density at radius 2 is 1.92 bits per heavy atom. The average molecular weight is 347 g/mol. The van der Waals surface area contributed by atoms with E-state index >= 15 is 0 Å². The fourth-order valence-corrected chi connectivity index (χ4v) is 3.82. The Balaban J connectivity index is 1.77. The summed E-state index contributed by atoms with van der Waals surface area (Å²) in [5, 5.41) is 1.79. The van der Waals surface area contributed by atoms with Crippen molar-refractivity contribution in [1.82, 2.24) is 19.9 Å². The highest BCUT2D eigenvalue weighted by atomic mass is 19.1. The van der Waals surface area contributed by atoms with E-state index in [4.69, 9.17) is 0 Å². The quantitative estimate of drug-likeness (QED) is 0.587. The number of nitrogens with one attached hydrogen (secondary N) is 1. The Hall–Kier alpha value is -3.02. The number of rotatable bonds is 2. The molecule has 0 bridgehead atoms. The van der Waals surface area contributed by atoms with Crippen LogP contribution in [0.4, 0.5) is 10.1 Å². The zero-order chi connectivity index (χ0) is 17.5. The number of piperidine rings is 1. The summed E-state index contributed by atoms with van der Waals surface area (Å²) in [5.41, 5.74) is 3.98. The number of anilines is 1. The summed E-state index contributed by atoms with van der Waals surface area (Å²) >= 11 is 0. The van der Waals surface area contributed by atoms with Crippen molar-refractivity contribution in [3.05, 3.63) is 48.8 Å². The van der Waals surface area contributed by atoms with E-state index in [1.807, 2.05) is 18.2 Å². The van der Waals surface area contributed by atoms with Gasteiger partial charge >= 0.3 is 0 Å². The first-order valence-corrected chi connectivity index (χ1v) is 8.92. The van der Waals surface area contributed by atoms with E-state index in [1.165, 1.54) is 12.6 Å².